The van der Waals surface area contributed by atoms with Gasteiger partial charge < -0.3 is 10.1 Å². The van der Waals surface area contributed by atoms with Crippen molar-refractivity contribution in [1.82, 2.24) is 5.01 Å². The first kappa shape index (κ1) is 19.5. The number of amides is 3. The molecule has 154 valence electrons. The van der Waals surface area contributed by atoms with Gasteiger partial charge in [-0.05, 0) is 43.3 Å². The highest BCUT2D eigenvalue weighted by molar-refractivity contribution is 6.25. The first-order chi connectivity index (χ1) is 14.5. The van der Waals surface area contributed by atoms with Crippen LogP contribution in [-0.2, 0) is 14.4 Å². The lowest BCUT2D eigenvalue weighted by molar-refractivity contribution is -0.123. The summed E-state index contributed by atoms with van der Waals surface area (Å²) >= 11 is 0. The highest BCUT2D eigenvalue weighted by atomic mass is 19.1. The van der Waals surface area contributed by atoms with Crippen LogP contribution in [0.15, 0.2) is 58.9 Å². The van der Waals surface area contributed by atoms with Crippen LogP contribution in [0.1, 0.15) is 6.92 Å². The summed E-state index contributed by atoms with van der Waals surface area (Å²) in [5, 5.41) is 11.2. The summed E-state index contributed by atoms with van der Waals surface area (Å²) in [5.41, 5.74) is 0.397. The topological polar surface area (TPSA) is 104 Å². The largest absolute Gasteiger partial charge is 0.494 e. The molecule has 3 amide bonds. The summed E-state index contributed by atoms with van der Waals surface area (Å²) in [7, 11) is 0. The Labute approximate surface area is 171 Å². The molecule has 1 N–H and O–H groups in total. The maximum absolute atomic E-state index is 13.7. The van der Waals surface area contributed by atoms with E-state index in [4.69, 9.17) is 4.74 Å². The molecule has 10 heteroatoms. The molecule has 9 nitrogen and oxygen atoms in total. The van der Waals surface area contributed by atoms with Gasteiger partial charge in [-0.25, -0.2) is 9.29 Å². The van der Waals surface area contributed by atoms with Gasteiger partial charge in [-0.3, -0.25) is 19.4 Å². The van der Waals surface area contributed by atoms with E-state index in [0.717, 1.165) is 9.91 Å². The number of fused-ring (bicyclic) bond motifs is 1. The van der Waals surface area contributed by atoms with Crippen LogP contribution in [0.25, 0.3) is 0 Å². The highest BCUT2D eigenvalue weighted by Crippen LogP contribution is 2.32. The van der Waals surface area contributed by atoms with E-state index in [1.807, 2.05) is 6.92 Å². The van der Waals surface area contributed by atoms with Crippen LogP contribution in [-0.4, -0.2) is 48.0 Å². The number of carbonyl (C=O) groups is 3. The van der Waals surface area contributed by atoms with E-state index in [9.17, 15) is 18.8 Å². The van der Waals surface area contributed by atoms with Gasteiger partial charge in [-0.2, -0.15) is 5.11 Å². The van der Waals surface area contributed by atoms with Crippen LogP contribution < -0.4 is 15.0 Å². The number of nitrogens with one attached hydrogen (secondary N) is 1. The molecule has 0 aliphatic carbocycles. The lowest BCUT2D eigenvalue weighted by Crippen LogP contribution is -2.43. The number of halogens is 1. The number of ether oxygens (including phenoxy) is 1. The minimum atomic E-state index is -1.02. The van der Waals surface area contributed by atoms with Crippen LogP contribution in [0.4, 0.5) is 15.8 Å². The van der Waals surface area contributed by atoms with Crippen molar-refractivity contribution in [2.45, 2.75) is 19.0 Å². The van der Waals surface area contributed by atoms with E-state index in [1.165, 1.54) is 18.2 Å². The summed E-state index contributed by atoms with van der Waals surface area (Å²) in [4.78, 5) is 39.0. The van der Waals surface area contributed by atoms with Crippen molar-refractivity contribution in [3.8, 4) is 5.75 Å². The quantitative estimate of drug-likeness (QED) is 0.734. The molecule has 2 atom stereocenters. The number of benzene rings is 2. The third-order valence-electron chi connectivity index (χ3n) is 4.72. The van der Waals surface area contributed by atoms with Crippen LogP contribution in [0.3, 0.4) is 0 Å². The number of nitrogens with zero attached hydrogens (tertiary/aromatic N) is 4. The molecule has 2 aliphatic heterocycles. The average Bonchev–Trinajstić information content (AvgIpc) is 3.24. The molecule has 0 saturated carbocycles. The molecular weight excluding hydrogens is 393 g/mol. The lowest BCUT2D eigenvalue weighted by Gasteiger charge is -2.20. The average molecular weight is 411 g/mol. The highest BCUT2D eigenvalue weighted by Gasteiger charge is 2.55. The summed E-state index contributed by atoms with van der Waals surface area (Å²) < 4.78 is 19.1. The Hall–Kier alpha value is -3.82. The second-order valence-corrected chi connectivity index (χ2v) is 6.66. The number of hydrogen-bond donors (Lipinski definition) is 1. The zero-order valence-corrected chi connectivity index (χ0v) is 16.0. The summed E-state index contributed by atoms with van der Waals surface area (Å²) in [6.45, 7) is 2.00. The fourth-order valence-corrected chi connectivity index (χ4v) is 3.37. The van der Waals surface area contributed by atoms with Gasteiger partial charge in [0.1, 0.15) is 18.1 Å². The van der Waals surface area contributed by atoms with Crippen molar-refractivity contribution in [3.05, 3.63) is 54.3 Å². The van der Waals surface area contributed by atoms with Gasteiger partial charge in [-0.15, -0.1) is 0 Å². The Bertz CT molecular complexity index is 1030. The maximum Gasteiger partial charge on any atom is 0.263 e. The predicted molar refractivity (Wildman–Crippen MR) is 104 cm³/mol. The van der Waals surface area contributed by atoms with Crippen LogP contribution in [0.5, 0.6) is 5.75 Å². The van der Waals surface area contributed by atoms with Crippen LogP contribution in [0, 0.1) is 5.82 Å². The number of carbonyl (C=O) groups excluding carboxylic acids is 3. The number of para-hydroxylation sites is 1. The van der Waals surface area contributed by atoms with E-state index in [0.29, 0.717) is 18.0 Å². The number of anilines is 2. The fraction of sp³-hybridized carbons (Fsp3) is 0.250. The summed E-state index contributed by atoms with van der Waals surface area (Å²) in [6, 6.07) is 10.2. The third kappa shape index (κ3) is 3.47. The van der Waals surface area contributed by atoms with Gasteiger partial charge in [0.2, 0.25) is 5.91 Å². The Kier molecular flexibility index (Phi) is 5.13. The molecule has 1 fully saturated rings. The molecule has 1 saturated heterocycles. The van der Waals surface area contributed by atoms with Crippen molar-refractivity contribution in [2.75, 3.05) is 23.4 Å². The molecule has 30 heavy (non-hydrogen) atoms. The molecule has 2 aromatic carbocycles. The fourth-order valence-electron chi connectivity index (χ4n) is 3.37. The van der Waals surface area contributed by atoms with Gasteiger partial charge in [0.15, 0.2) is 12.1 Å². The van der Waals surface area contributed by atoms with E-state index in [-0.39, 0.29) is 12.2 Å². The SMILES string of the molecule is CCOc1ccc(N2C(=O)[C@@H]3[C@@H](N=NN3CC(=O)Nc3ccccc3F)C2=O)cc1. The van der Waals surface area contributed by atoms with E-state index in [1.54, 1.807) is 30.3 Å². The van der Waals surface area contributed by atoms with Gasteiger partial charge in [0.25, 0.3) is 11.8 Å². The summed E-state index contributed by atoms with van der Waals surface area (Å²) in [5.74, 6) is -1.60. The second-order valence-electron chi connectivity index (χ2n) is 6.66. The first-order valence-electron chi connectivity index (χ1n) is 9.32. The van der Waals surface area contributed by atoms with Crippen molar-refractivity contribution >= 4 is 29.1 Å². The molecule has 4 rings (SSSR count). The first-order valence-corrected chi connectivity index (χ1v) is 9.32. The summed E-state index contributed by atoms with van der Waals surface area (Å²) in [6.07, 6.45) is 0. The Balaban J connectivity index is 1.47. The van der Waals surface area contributed by atoms with Gasteiger partial charge in [0, 0.05) is 0 Å². The van der Waals surface area contributed by atoms with Crippen molar-refractivity contribution in [3.63, 3.8) is 0 Å². The van der Waals surface area contributed by atoms with Gasteiger partial charge in [0.05, 0.1) is 18.0 Å². The Morgan fingerprint density at radius 1 is 1.13 bits per heavy atom. The minimum absolute atomic E-state index is 0.0139. The molecule has 0 spiro atoms. The molecule has 0 aromatic heterocycles. The zero-order chi connectivity index (χ0) is 21.3. The van der Waals surface area contributed by atoms with Crippen LogP contribution in [0.2, 0.25) is 0 Å². The van der Waals surface area contributed by atoms with E-state index in [2.05, 4.69) is 15.7 Å². The molecule has 2 aromatic rings. The molecule has 0 unspecified atom stereocenters. The van der Waals surface area contributed by atoms with Crippen molar-refractivity contribution in [2.24, 2.45) is 10.3 Å². The minimum Gasteiger partial charge on any atom is -0.494 e. The standard InChI is InChI=1S/C20H18FN5O4/c1-2-30-13-9-7-12(8-10-13)26-19(28)17-18(20(26)29)25(24-23-17)11-16(27)22-15-6-4-3-5-14(15)21/h3-10,17-18H,2,11H2,1H3,(H,22,27)/t17-,18+/m1/s1. The van der Waals surface area contributed by atoms with E-state index < -0.39 is 35.6 Å². The smallest absolute Gasteiger partial charge is 0.263 e. The van der Waals surface area contributed by atoms with Crippen molar-refractivity contribution in [1.29, 1.82) is 0 Å². The molecule has 2 heterocycles. The number of rotatable bonds is 6. The molecular formula is C20H18FN5O4. The second kappa shape index (κ2) is 7.90. The number of hydrogen-bond acceptors (Lipinski definition) is 7. The Morgan fingerprint density at radius 3 is 2.57 bits per heavy atom. The normalized spacial score (nSPS) is 19.9. The zero-order valence-electron chi connectivity index (χ0n) is 16.0. The van der Waals surface area contributed by atoms with E-state index >= 15 is 0 Å². The number of imide groups is 1. The maximum atomic E-state index is 13.7. The molecule has 0 radical (unpaired) electrons. The predicted octanol–water partition coefficient (Wildman–Crippen LogP) is 2.16. The monoisotopic (exact) mass is 411 g/mol. The van der Waals surface area contributed by atoms with Gasteiger partial charge in [-0.1, -0.05) is 17.4 Å². The molecule has 0 bridgehead atoms. The van der Waals surface area contributed by atoms with Crippen LogP contribution >= 0.6 is 0 Å². The Morgan fingerprint density at radius 2 is 1.87 bits per heavy atom. The lowest BCUT2D eigenvalue weighted by atomic mass is 10.1. The third-order valence-corrected chi connectivity index (χ3v) is 4.72. The van der Waals surface area contributed by atoms with Crippen molar-refractivity contribution < 1.29 is 23.5 Å². The van der Waals surface area contributed by atoms with Gasteiger partial charge >= 0.3 is 0 Å². The molecule has 2 aliphatic rings.